The molecule has 1 aliphatic carbocycles. The van der Waals surface area contributed by atoms with Crippen LogP contribution in [0.1, 0.15) is 24.8 Å². The lowest BCUT2D eigenvalue weighted by atomic mass is 9.76. The van der Waals surface area contributed by atoms with Crippen molar-refractivity contribution in [1.29, 1.82) is 0 Å². The molecule has 4 N–H and O–H groups in total. The molecular weight excluding hydrogens is 232 g/mol. The fourth-order valence-electron chi connectivity index (χ4n) is 2.12. The van der Waals surface area contributed by atoms with Crippen molar-refractivity contribution in [1.82, 2.24) is 5.32 Å². The molecule has 1 saturated carbocycles. The molecule has 0 aromatic heterocycles. The van der Waals surface area contributed by atoms with Gasteiger partial charge in [-0.15, -0.1) is 0 Å². The average Bonchev–Trinajstić information content (AvgIpc) is 2.23. The first-order valence-electron chi connectivity index (χ1n) is 5.91. The van der Waals surface area contributed by atoms with Gasteiger partial charge < -0.3 is 16.2 Å². The number of carbonyl (C=O) groups is 2. The maximum atomic E-state index is 11.8. The van der Waals surface area contributed by atoms with Crippen LogP contribution in [0.4, 0.5) is 5.69 Å². The number of carboxylic acid groups (broad SMARTS) is 1. The van der Waals surface area contributed by atoms with E-state index in [-0.39, 0.29) is 12.3 Å². The van der Waals surface area contributed by atoms with Gasteiger partial charge in [-0.3, -0.25) is 4.79 Å². The number of nitrogens with one attached hydrogen (secondary N) is 1. The Morgan fingerprint density at radius 1 is 1.39 bits per heavy atom. The summed E-state index contributed by atoms with van der Waals surface area (Å²) in [6.45, 7) is 0. The van der Waals surface area contributed by atoms with Crippen molar-refractivity contribution >= 4 is 17.6 Å². The number of carboxylic acids is 1. The van der Waals surface area contributed by atoms with E-state index < -0.39 is 11.5 Å². The van der Waals surface area contributed by atoms with E-state index in [0.29, 0.717) is 18.5 Å². The molecule has 0 radical (unpaired) electrons. The number of hydrogen-bond donors (Lipinski definition) is 3. The third-order valence-electron chi connectivity index (χ3n) is 3.31. The Bertz CT molecular complexity index is 481. The SMILES string of the molecule is Nc1cccc(CC(=O)NC2(C(=O)O)CCC2)c1. The lowest BCUT2D eigenvalue weighted by Gasteiger charge is -2.38. The summed E-state index contributed by atoms with van der Waals surface area (Å²) >= 11 is 0. The van der Waals surface area contributed by atoms with Gasteiger partial charge in [0.2, 0.25) is 5.91 Å². The molecule has 0 heterocycles. The van der Waals surface area contributed by atoms with E-state index in [1.807, 2.05) is 0 Å². The zero-order valence-electron chi connectivity index (χ0n) is 9.98. The van der Waals surface area contributed by atoms with Crippen LogP contribution in [-0.2, 0) is 16.0 Å². The summed E-state index contributed by atoms with van der Waals surface area (Å²) in [7, 11) is 0. The molecule has 5 heteroatoms. The van der Waals surface area contributed by atoms with Crippen LogP contribution in [0, 0.1) is 0 Å². The maximum absolute atomic E-state index is 11.8. The molecule has 0 bridgehead atoms. The molecule has 18 heavy (non-hydrogen) atoms. The lowest BCUT2D eigenvalue weighted by molar-refractivity contribution is -0.151. The molecule has 1 aromatic rings. The fourth-order valence-corrected chi connectivity index (χ4v) is 2.12. The van der Waals surface area contributed by atoms with E-state index in [2.05, 4.69) is 5.32 Å². The monoisotopic (exact) mass is 248 g/mol. The third kappa shape index (κ3) is 2.45. The van der Waals surface area contributed by atoms with Crippen LogP contribution in [0.25, 0.3) is 0 Å². The van der Waals surface area contributed by atoms with Crippen LogP contribution >= 0.6 is 0 Å². The van der Waals surface area contributed by atoms with Crippen LogP contribution in [-0.4, -0.2) is 22.5 Å². The third-order valence-corrected chi connectivity index (χ3v) is 3.31. The number of benzene rings is 1. The molecule has 0 saturated heterocycles. The van der Waals surface area contributed by atoms with E-state index >= 15 is 0 Å². The largest absolute Gasteiger partial charge is 0.480 e. The first-order chi connectivity index (χ1) is 8.52. The molecule has 0 spiro atoms. The Morgan fingerprint density at radius 3 is 2.61 bits per heavy atom. The smallest absolute Gasteiger partial charge is 0.329 e. The van der Waals surface area contributed by atoms with Crippen molar-refractivity contribution in [2.45, 2.75) is 31.2 Å². The second kappa shape index (κ2) is 4.68. The Morgan fingerprint density at radius 2 is 2.11 bits per heavy atom. The molecule has 0 unspecified atom stereocenters. The number of anilines is 1. The fraction of sp³-hybridized carbons (Fsp3) is 0.385. The van der Waals surface area contributed by atoms with E-state index in [9.17, 15) is 9.59 Å². The van der Waals surface area contributed by atoms with Crippen molar-refractivity contribution in [2.75, 3.05) is 5.73 Å². The zero-order valence-corrected chi connectivity index (χ0v) is 9.98. The molecule has 96 valence electrons. The highest BCUT2D eigenvalue weighted by atomic mass is 16.4. The summed E-state index contributed by atoms with van der Waals surface area (Å²) in [6, 6.07) is 7.03. The summed E-state index contributed by atoms with van der Waals surface area (Å²) < 4.78 is 0. The molecule has 5 nitrogen and oxygen atoms in total. The van der Waals surface area contributed by atoms with E-state index in [1.165, 1.54) is 0 Å². The highest BCUT2D eigenvalue weighted by Gasteiger charge is 2.45. The van der Waals surface area contributed by atoms with Crippen LogP contribution in [0.15, 0.2) is 24.3 Å². The van der Waals surface area contributed by atoms with E-state index in [4.69, 9.17) is 10.8 Å². The quantitative estimate of drug-likeness (QED) is 0.691. The Balaban J connectivity index is 1.99. The van der Waals surface area contributed by atoms with E-state index in [0.717, 1.165) is 12.0 Å². The minimum atomic E-state index is -1.04. The van der Waals surface area contributed by atoms with Gasteiger partial charge in [0.05, 0.1) is 6.42 Å². The molecule has 0 atom stereocenters. The van der Waals surface area contributed by atoms with Gasteiger partial charge in [-0.25, -0.2) is 4.79 Å². The molecule has 1 fully saturated rings. The summed E-state index contributed by atoms with van der Waals surface area (Å²) in [5, 5.41) is 11.7. The minimum Gasteiger partial charge on any atom is -0.480 e. The molecule has 1 amide bonds. The van der Waals surface area contributed by atoms with Crippen LogP contribution in [0.3, 0.4) is 0 Å². The Labute approximate surface area is 105 Å². The van der Waals surface area contributed by atoms with Gasteiger partial charge in [0.1, 0.15) is 5.54 Å². The molecule has 0 aliphatic heterocycles. The van der Waals surface area contributed by atoms with Crippen LogP contribution in [0.2, 0.25) is 0 Å². The number of hydrogen-bond acceptors (Lipinski definition) is 3. The maximum Gasteiger partial charge on any atom is 0.329 e. The predicted molar refractivity (Wildman–Crippen MR) is 66.9 cm³/mol. The highest BCUT2D eigenvalue weighted by Crippen LogP contribution is 2.32. The average molecular weight is 248 g/mol. The van der Waals surface area contributed by atoms with Crippen LogP contribution in [0.5, 0.6) is 0 Å². The summed E-state index contributed by atoms with van der Waals surface area (Å²) in [5.74, 6) is -1.22. The summed E-state index contributed by atoms with van der Waals surface area (Å²) in [4.78, 5) is 22.9. The Hall–Kier alpha value is -2.04. The predicted octanol–water partition coefficient (Wildman–Crippen LogP) is 0.935. The summed E-state index contributed by atoms with van der Waals surface area (Å²) in [6.07, 6.45) is 2.00. The molecule has 2 rings (SSSR count). The molecule has 1 aromatic carbocycles. The first kappa shape index (κ1) is 12.4. The van der Waals surface area contributed by atoms with Gasteiger partial charge in [0.15, 0.2) is 0 Å². The standard InChI is InChI=1S/C13H16N2O3/c14-10-4-1-3-9(7-10)8-11(16)15-13(12(17)18)5-2-6-13/h1,3-4,7H,2,5-6,8,14H2,(H,15,16)(H,17,18). The second-order valence-electron chi connectivity index (χ2n) is 4.71. The lowest BCUT2D eigenvalue weighted by Crippen LogP contribution is -2.59. The van der Waals surface area contributed by atoms with Crippen molar-refractivity contribution in [3.63, 3.8) is 0 Å². The van der Waals surface area contributed by atoms with Crippen molar-refractivity contribution in [3.8, 4) is 0 Å². The van der Waals surface area contributed by atoms with Gasteiger partial charge >= 0.3 is 5.97 Å². The molecule has 1 aliphatic rings. The normalized spacial score (nSPS) is 16.7. The number of carbonyl (C=O) groups excluding carboxylic acids is 1. The number of rotatable bonds is 4. The van der Waals surface area contributed by atoms with E-state index in [1.54, 1.807) is 24.3 Å². The van der Waals surface area contributed by atoms with Crippen LogP contribution < -0.4 is 11.1 Å². The molecular formula is C13H16N2O3. The van der Waals surface area contributed by atoms with Gasteiger partial charge in [-0.2, -0.15) is 0 Å². The number of amides is 1. The van der Waals surface area contributed by atoms with Gasteiger partial charge in [0, 0.05) is 5.69 Å². The first-order valence-corrected chi connectivity index (χ1v) is 5.91. The van der Waals surface area contributed by atoms with Crippen molar-refractivity contribution in [3.05, 3.63) is 29.8 Å². The number of nitrogen functional groups attached to an aromatic ring is 1. The number of nitrogens with two attached hydrogens (primary N) is 1. The number of aliphatic carboxylic acids is 1. The van der Waals surface area contributed by atoms with Crippen molar-refractivity contribution in [2.24, 2.45) is 0 Å². The van der Waals surface area contributed by atoms with Gasteiger partial charge in [-0.1, -0.05) is 12.1 Å². The van der Waals surface area contributed by atoms with Gasteiger partial charge in [0.25, 0.3) is 0 Å². The minimum absolute atomic E-state index is 0.153. The highest BCUT2D eigenvalue weighted by molar-refractivity contribution is 5.88. The summed E-state index contributed by atoms with van der Waals surface area (Å²) in [5.41, 5.74) is 5.96. The zero-order chi connectivity index (χ0) is 13.2. The topological polar surface area (TPSA) is 92.4 Å². The second-order valence-corrected chi connectivity index (χ2v) is 4.71. The van der Waals surface area contributed by atoms with Gasteiger partial charge in [-0.05, 0) is 37.0 Å². The van der Waals surface area contributed by atoms with Crippen molar-refractivity contribution < 1.29 is 14.7 Å². The Kier molecular flexibility index (Phi) is 3.23.